The van der Waals surface area contributed by atoms with Gasteiger partial charge in [0.25, 0.3) is 5.91 Å². The number of aromatic nitrogens is 2. The summed E-state index contributed by atoms with van der Waals surface area (Å²) in [5, 5.41) is 12.3. The lowest BCUT2D eigenvalue weighted by Gasteiger charge is -2.15. The van der Waals surface area contributed by atoms with Crippen molar-refractivity contribution in [2.24, 2.45) is 0 Å². The lowest BCUT2D eigenvalue weighted by molar-refractivity contribution is -0.138. The summed E-state index contributed by atoms with van der Waals surface area (Å²) in [5.41, 5.74) is 2.64. The van der Waals surface area contributed by atoms with E-state index in [1.165, 1.54) is 6.20 Å². The van der Waals surface area contributed by atoms with Crippen LogP contribution in [0.2, 0.25) is 0 Å². The summed E-state index contributed by atoms with van der Waals surface area (Å²) in [4.78, 5) is 32.2. The van der Waals surface area contributed by atoms with Gasteiger partial charge in [0.2, 0.25) is 0 Å². The molecular weight excluding hydrogens is 294 g/mol. The van der Waals surface area contributed by atoms with E-state index in [4.69, 9.17) is 0 Å². The monoisotopic (exact) mass is 311 g/mol. The zero-order valence-electron chi connectivity index (χ0n) is 12.9. The number of aliphatic carboxylic acids is 1. The van der Waals surface area contributed by atoms with Gasteiger partial charge in [-0.2, -0.15) is 0 Å². The third kappa shape index (κ3) is 2.79. The van der Waals surface area contributed by atoms with Gasteiger partial charge in [-0.1, -0.05) is 24.3 Å². The zero-order chi connectivity index (χ0) is 16.6. The Bertz CT molecular complexity index is 788. The van der Waals surface area contributed by atoms with Crippen LogP contribution >= 0.6 is 0 Å². The van der Waals surface area contributed by atoms with Gasteiger partial charge in [0.15, 0.2) is 0 Å². The highest BCUT2D eigenvalue weighted by Gasteiger charge is 2.36. The fourth-order valence-corrected chi connectivity index (χ4v) is 3.05. The fourth-order valence-electron chi connectivity index (χ4n) is 3.05. The van der Waals surface area contributed by atoms with Crippen molar-refractivity contribution in [3.63, 3.8) is 0 Å². The van der Waals surface area contributed by atoms with Crippen molar-refractivity contribution in [3.05, 3.63) is 58.7 Å². The normalized spacial score (nSPS) is 19.2. The van der Waals surface area contributed by atoms with E-state index in [1.54, 1.807) is 19.9 Å². The van der Waals surface area contributed by atoms with Crippen LogP contribution < -0.4 is 5.32 Å². The number of benzene rings is 1. The van der Waals surface area contributed by atoms with Gasteiger partial charge < -0.3 is 10.4 Å². The van der Waals surface area contributed by atoms with Crippen molar-refractivity contribution in [1.82, 2.24) is 15.3 Å². The van der Waals surface area contributed by atoms with Gasteiger partial charge in [0.05, 0.1) is 23.2 Å². The average molecular weight is 311 g/mol. The number of carboxylic acids is 1. The second-order valence-electron chi connectivity index (χ2n) is 5.70. The molecule has 1 aromatic heterocycles. The van der Waals surface area contributed by atoms with Gasteiger partial charge in [-0.05, 0) is 31.4 Å². The second-order valence-corrected chi connectivity index (χ2v) is 5.70. The summed E-state index contributed by atoms with van der Waals surface area (Å²) >= 11 is 0. The quantitative estimate of drug-likeness (QED) is 0.906. The first-order chi connectivity index (χ1) is 11.0. The highest BCUT2D eigenvalue weighted by molar-refractivity contribution is 5.95. The van der Waals surface area contributed by atoms with E-state index in [2.05, 4.69) is 15.3 Å². The van der Waals surface area contributed by atoms with E-state index in [0.29, 0.717) is 23.5 Å². The summed E-state index contributed by atoms with van der Waals surface area (Å²) in [7, 11) is 0. The Morgan fingerprint density at radius 2 is 1.91 bits per heavy atom. The summed E-state index contributed by atoms with van der Waals surface area (Å²) < 4.78 is 0. The molecule has 0 saturated heterocycles. The molecule has 0 aliphatic heterocycles. The lowest BCUT2D eigenvalue weighted by atomic mass is 10.0. The molecule has 0 spiro atoms. The molecule has 0 radical (unpaired) electrons. The topological polar surface area (TPSA) is 92.2 Å². The maximum atomic E-state index is 12.5. The number of carboxylic acid groups (broad SMARTS) is 1. The van der Waals surface area contributed by atoms with Crippen LogP contribution in [0.15, 0.2) is 30.5 Å². The molecule has 1 aliphatic carbocycles. The standard InChI is InChI=1S/C17H17N3O3/c1-9-14(8-18-10(2)19-9)16(21)20-15-7-13(17(22)23)11-5-3-4-6-12(11)15/h3-6,8,13,15H,7H2,1-2H3,(H,20,21)(H,22,23). The van der Waals surface area contributed by atoms with E-state index < -0.39 is 11.9 Å². The predicted octanol–water partition coefficient (Wildman–Crippen LogP) is 2.14. The lowest BCUT2D eigenvalue weighted by Crippen LogP contribution is -2.28. The van der Waals surface area contributed by atoms with Crippen molar-refractivity contribution >= 4 is 11.9 Å². The van der Waals surface area contributed by atoms with Gasteiger partial charge in [0.1, 0.15) is 5.82 Å². The number of carbonyl (C=O) groups excluding carboxylic acids is 1. The van der Waals surface area contributed by atoms with Crippen LogP contribution in [-0.2, 0) is 4.79 Å². The SMILES string of the molecule is Cc1ncc(C(=O)NC2CC(C(=O)O)c3ccccc32)c(C)n1. The molecule has 2 aromatic rings. The Hall–Kier alpha value is -2.76. The summed E-state index contributed by atoms with van der Waals surface area (Å²) in [6.07, 6.45) is 1.86. The number of aryl methyl sites for hydroxylation is 2. The van der Waals surface area contributed by atoms with Crippen molar-refractivity contribution in [2.75, 3.05) is 0 Å². The Labute approximate surface area is 133 Å². The molecule has 23 heavy (non-hydrogen) atoms. The molecule has 0 saturated carbocycles. The molecule has 1 amide bonds. The molecule has 1 heterocycles. The third-order valence-corrected chi connectivity index (χ3v) is 4.17. The van der Waals surface area contributed by atoms with Crippen LogP contribution in [0.1, 0.15) is 51.4 Å². The number of hydrogen-bond donors (Lipinski definition) is 2. The van der Waals surface area contributed by atoms with Crippen molar-refractivity contribution in [2.45, 2.75) is 32.2 Å². The number of rotatable bonds is 3. The van der Waals surface area contributed by atoms with Crippen LogP contribution in [0.5, 0.6) is 0 Å². The van der Waals surface area contributed by atoms with Gasteiger partial charge >= 0.3 is 5.97 Å². The molecule has 2 N–H and O–H groups in total. The number of nitrogens with one attached hydrogen (secondary N) is 1. The number of fused-ring (bicyclic) bond motifs is 1. The minimum Gasteiger partial charge on any atom is -0.481 e. The Morgan fingerprint density at radius 1 is 1.22 bits per heavy atom. The molecule has 6 nitrogen and oxygen atoms in total. The van der Waals surface area contributed by atoms with E-state index >= 15 is 0 Å². The minimum atomic E-state index is -0.871. The Kier molecular flexibility index (Phi) is 3.82. The van der Waals surface area contributed by atoms with Gasteiger partial charge in [0, 0.05) is 6.20 Å². The molecule has 1 aliphatic rings. The molecule has 2 unspecified atom stereocenters. The predicted molar refractivity (Wildman–Crippen MR) is 83.1 cm³/mol. The van der Waals surface area contributed by atoms with Gasteiger partial charge in [-0.25, -0.2) is 9.97 Å². The second kappa shape index (κ2) is 5.79. The van der Waals surface area contributed by atoms with E-state index in [0.717, 1.165) is 11.1 Å². The largest absolute Gasteiger partial charge is 0.481 e. The summed E-state index contributed by atoms with van der Waals surface area (Å²) in [6.45, 7) is 3.52. The maximum absolute atomic E-state index is 12.5. The van der Waals surface area contributed by atoms with Crippen LogP contribution in [-0.4, -0.2) is 27.0 Å². The van der Waals surface area contributed by atoms with E-state index in [-0.39, 0.29) is 11.9 Å². The highest BCUT2D eigenvalue weighted by atomic mass is 16.4. The van der Waals surface area contributed by atoms with Gasteiger partial charge in [-0.15, -0.1) is 0 Å². The first kappa shape index (κ1) is 15.1. The van der Waals surface area contributed by atoms with Crippen LogP contribution in [0.4, 0.5) is 0 Å². The number of hydrogen-bond acceptors (Lipinski definition) is 4. The Balaban J connectivity index is 1.86. The minimum absolute atomic E-state index is 0.284. The highest BCUT2D eigenvalue weighted by Crippen LogP contribution is 2.40. The number of amides is 1. The van der Waals surface area contributed by atoms with E-state index in [9.17, 15) is 14.7 Å². The molecule has 1 aromatic carbocycles. The van der Waals surface area contributed by atoms with Crippen molar-refractivity contribution in [1.29, 1.82) is 0 Å². The maximum Gasteiger partial charge on any atom is 0.311 e. The molecular formula is C17H17N3O3. The summed E-state index contributed by atoms with van der Waals surface area (Å²) in [5.74, 6) is -1.14. The molecule has 0 fully saturated rings. The number of carbonyl (C=O) groups is 2. The molecule has 118 valence electrons. The molecule has 0 bridgehead atoms. The first-order valence-corrected chi connectivity index (χ1v) is 7.40. The molecule has 2 atom stereocenters. The van der Waals surface area contributed by atoms with Crippen LogP contribution in [0.25, 0.3) is 0 Å². The van der Waals surface area contributed by atoms with Crippen molar-refractivity contribution in [3.8, 4) is 0 Å². The number of nitrogens with zero attached hydrogens (tertiary/aromatic N) is 2. The van der Waals surface area contributed by atoms with Crippen LogP contribution in [0.3, 0.4) is 0 Å². The average Bonchev–Trinajstić information content (AvgIpc) is 2.86. The third-order valence-electron chi connectivity index (χ3n) is 4.17. The first-order valence-electron chi connectivity index (χ1n) is 7.40. The van der Waals surface area contributed by atoms with E-state index in [1.807, 2.05) is 18.2 Å². The van der Waals surface area contributed by atoms with Crippen molar-refractivity contribution < 1.29 is 14.7 Å². The van der Waals surface area contributed by atoms with Gasteiger partial charge in [-0.3, -0.25) is 9.59 Å². The molecule has 6 heteroatoms. The zero-order valence-corrected chi connectivity index (χ0v) is 12.9. The summed E-state index contributed by atoms with van der Waals surface area (Å²) in [6, 6.07) is 7.02. The molecule has 3 rings (SSSR count). The smallest absolute Gasteiger partial charge is 0.311 e. The van der Waals surface area contributed by atoms with Crippen LogP contribution in [0, 0.1) is 13.8 Å². The fraction of sp³-hybridized carbons (Fsp3) is 0.294. The Morgan fingerprint density at radius 3 is 2.57 bits per heavy atom.